The lowest BCUT2D eigenvalue weighted by molar-refractivity contribution is -0.138. The summed E-state index contributed by atoms with van der Waals surface area (Å²) in [5.41, 5.74) is 5.51. The summed E-state index contributed by atoms with van der Waals surface area (Å²) in [6.07, 6.45) is 4.05. The van der Waals surface area contributed by atoms with E-state index in [0.717, 1.165) is 27.6 Å². The molecular formula is C37H29N3O3S. The lowest BCUT2D eigenvalue weighted by Crippen LogP contribution is -2.39. The lowest BCUT2D eigenvalue weighted by Gasteiger charge is -2.25. The molecule has 0 bridgehead atoms. The average Bonchev–Trinajstić information content (AvgIpc) is 3.57. The first-order valence-electron chi connectivity index (χ1n) is 14.6. The number of esters is 1. The van der Waals surface area contributed by atoms with E-state index in [4.69, 9.17) is 9.73 Å². The number of nitrogens with zero attached hydrogens (tertiary/aromatic N) is 3. The summed E-state index contributed by atoms with van der Waals surface area (Å²) in [6, 6.07) is 37.1. The maximum Gasteiger partial charge on any atom is 0.338 e. The number of hydrogen-bond donors (Lipinski definition) is 0. The van der Waals surface area contributed by atoms with Crippen molar-refractivity contribution in [2.24, 2.45) is 4.99 Å². The highest BCUT2D eigenvalue weighted by molar-refractivity contribution is 7.07. The van der Waals surface area contributed by atoms with Crippen molar-refractivity contribution in [2.75, 3.05) is 6.61 Å². The van der Waals surface area contributed by atoms with E-state index < -0.39 is 12.0 Å². The van der Waals surface area contributed by atoms with E-state index in [2.05, 4.69) is 35.0 Å². The van der Waals surface area contributed by atoms with Crippen molar-refractivity contribution < 1.29 is 9.53 Å². The van der Waals surface area contributed by atoms with Gasteiger partial charge in [0.15, 0.2) is 4.80 Å². The second-order valence-electron chi connectivity index (χ2n) is 10.6. The highest BCUT2D eigenvalue weighted by Crippen LogP contribution is 2.35. The number of rotatable bonds is 7. The second-order valence-corrected chi connectivity index (χ2v) is 11.6. The Morgan fingerprint density at radius 3 is 2.27 bits per heavy atom. The van der Waals surface area contributed by atoms with Crippen LogP contribution in [-0.2, 0) is 16.1 Å². The zero-order chi connectivity index (χ0) is 30.0. The monoisotopic (exact) mass is 595 g/mol. The molecule has 0 aliphatic carbocycles. The summed E-state index contributed by atoms with van der Waals surface area (Å²) in [4.78, 5) is 33.4. The van der Waals surface area contributed by atoms with E-state index in [0.29, 0.717) is 27.1 Å². The summed E-state index contributed by atoms with van der Waals surface area (Å²) in [6.45, 7) is 2.71. The van der Waals surface area contributed by atoms with Gasteiger partial charge in [0.05, 0.1) is 28.5 Å². The highest BCUT2D eigenvalue weighted by Gasteiger charge is 2.35. The van der Waals surface area contributed by atoms with Crippen LogP contribution in [0.25, 0.3) is 22.7 Å². The fraction of sp³-hybridized carbons (Fsp3) is 0.108. The van der Waals surface area contributed by atoms with Crippen LogP contribution in [0.4, 0.5) is 0 Å². The standard InChI is InChI=1S/C37H29N3O3S/c1-2-43-36(42)32-33(26-16-8-4-9-17-26)38-37-40(34(32)27-18-10-5-11-19-27)35(41)31(44-37)22-28-24-39(23-25-14-6-3-7-15-25)30-21-13-12-20-29(28)30/h3-22,24,34H,2,23H2,1H3/b31-22-/t34-/m1/s1. The number of thiazole rings is 1. The molecule has 1 aliphatic rings. The number of carbonyl (C=O) groups excluding carboxylic acids is 1. The second kappa shape index (κ2) is 11.8. The van der Waals surface area contributed by atoms with Crippen LogP contribution in [0.5, 0.6) is 0 Å². The van der Waals surface area contributed by atoms with Crippen LogP contribution in [0, 0.1) is 0 Å². The Kier molecular flexibility index (Phi) is 7.38. The number of aromatic nitrogens is 2. The Labute approximate surface area is 258 Å². The Morgan fingerprint density at radius 1 is 0.886 bits per heavy atom. The first-order valence-corrected chi connectivity index (χ1v) is 15.4. The minimum atomic E-state index is -0.691. The van der Waals surface area contributed by atoms with E-state index >= 15 is 0 Å². The van der Waals surface area contributed by atoms with E-state index in [1.54, 1.807) is 11.5 Å². The van der Waals surface area contributed by atoms with E-state index in [1.807, 2.05) is 97.1 Å². The van der Waals surface area contributed by atoms with Gasteiger partial charge in [0, 0.05) is 34.8 Å². The Morgan fingerprint density at radius 2 is 1.55 bits per heavy atom. The Balaban J connectivity index is 1.45. The van der Waals surface area contributed by atoms with Crippen molar-refractivity contribution in [3.63, 3.8) is 0 Å². The van der Waals surface area contributed by atoms with Crippen molar-refractivity contribution >= 4 is 40.0 Å². The number of ether oxygens (including phenoxy) is 1. The van der Waals surface area contributed by atoms with Crippen molar-refractivity contribution in [1.29, 1.82) is 0 Å². The van der Waals surface area contributed by atoms with Gasteiger partial charge in [-0.15, -0.1) is 0 Å². The third-order valence-electron chi connectivity index (χ3n) is 7.79. The minimum Gasteiger partial charge on any atom is -0.463 e. The maximum atomic E-state index is 14.3. The first-order chi connectivity index (χ1) is 21.6. The number of benzene rings is 4. The van der Waals surface area contributed by atoms with Crippen LogP contribution in [0.1, 0.15) is 35.2 Å². The molecule has 3 heterocycles. The van der Waals surface area contributed by atoms with E-state index in [-0.39, 0.29) is 12.2 Å². The van der Waals surface area contributed by atoms with Gasteiger partial charge >= 0.3 is 5.97 Å². The molecule has 7 heteroatoms. The molecule has 1 aliphatic heterocycles. The van der Waals surface area contributed by atoms with Crippen LogP contribution >= 0.6 is 11.3 Å². The molecule has 1 atom stereocenters. The van der Waals surface area contributed by atoms with Gasteiger partial charge in [-0.3, -0.25) is 9.36 Å². The van der Waals surface area contributed by atoms with Crippen molar-refractivity contribution in [2.45, 2.75) is 19.5 Å². The average molecular weight is 596 g/mol. The first kappa shape index (κ1) is 27.6. The number of fused-ring (bicyclic) bond motifs is 2. The molecule has 216 valence electrons. The summed E-state index contributed by atoms with van der Waals surface area (Å²) < 4.78 is 9.97. The van der Waals surface area contributed by atoms with Crippen LogP contribution in [0.2, 0.25) is 0 Å². The molecule has 0 unspecified atom stereocenters. The number of carbonyl (C=O) groups is 1. The molecule has 2 aromatic heterocycles. The predicted molar refractivity (Wildman–Crippen MR) is 175 cm³/mol. The van der Waals surface area contributed by atoms with Gasteiger partial charge in [-0.05, 0) is 30.2 Å². The van der Waals surface area contributed by atoms with Gasteiger partial charge in [0.1, 0.15) is 0 Å². The maximum absolute atomic E-state index is 14.3. The van der Waals surface area contributed by atoms with Gasteiger partial charge < -0.3 is 9.30 Å². The van der Waals surface area contributed by atoms with Gasteiger partial charge in [-0.25, -0.2) is 9.79 Å². The topological polar surface area (TPSA) is 65.6 Å². The predicted octanol–water partition coefficient (Wildman–Crippen LogP) is 5.94. The third kappa shape index (κ3) is 5.01. The molecule has 0 saturated heterocycles. The lowest BCUT2D eigenvalue weighted by atomic mass is 9.93. The molecule has 0 fully saturated rings. The molecule has 0 spiro atoms. The zero-order valence-corrected chi connectivity index (χ0v) is 24.9. The Hall–Kier alpha value is -5.27. The molecule has 6 aromatic rings. The van der Waals surface area contributed by atoms with Crippen molar-refractivity contribution in [3.8, 4) is 0 Å². The molecule has 44 heavy (non-hydrogen) atoms. The van der Waals surface area contributed by atoms with Crippen LogP contribution in [-0.4, -0.2) is 21.7 Å². The summed E-state index contributed by atoms with van der Waals surface area (Å²) in [5.74, 6) is -0.484. The summed E-state index contributed by atoms with van der Waals surface area (Å²) in [5, 5.41) is 1.06. The minimum absolute atomic E-state index is 0.198. The quantitative estimate of drug-likeness (QED) is 0.215. The van der Waals surface area contributed by atoms with Crippen LogP contribution in [0.15, 0.2) is 137 Å². The third-order valence-corrected chi connectivity index (χ3v) is 8.77. The van der Waals surface area contributed by atoms with Crippen molar-refractivity contribution in [1.82, 2.24) is 9.13 Å². The fourth-order valence-corrected chi connectivity index (χ4v) is 6.83. The van der Waals surface area contributed by atoms with Gasteiger partial charge in [0.25, 0.3) is 5.56 Å². The van der Waals surface area contributed by atoms with Gasteiger partial charge in [-0.1, -0.05) is 121 Å². The SMILES string of the molecule is CCOC(=O)C1=C(c2ccccc2)N=c2s/c(=C\c3cn(Cc4ccccc4)c4ccccc34)c(=O)n2[C@@H]1c1ccccc1. The number of para-hydroxylation sites is 1. The van der Waals surface area contributed by atoms with Crippen molar-refractivity contribution in [3.05, 3.63) is 169 Å². The van der Waals surface area contributed by atoms with Gasteiger partial charge in [-0.2, -0.15) is 0 Å². The normalized spacial score (nSPS) is 14.8. The van der Waals surface area contributed by atoms with Crippen LogP contribution < -0.4 is 14.9 Å². The summed E-state index contributed by atoms with van der Waals surface area (Å²) >= 11 is 1.34. The molecular weight excluding hydrogens is 566 g/mol. The van der Waals surface area contributed by atoms with Gasteiger partial charge in [0.2, 0.25) is 0 Å². The smallest absolute Gasteiger partial charge is 0.338 e. The zero-order valence-electron chi connectivity index (χ0n) is 24.1. The molecule has 7 rings (SSSR count). The molecule has 0 amide bonds. The highest BCUT2D eigenvalue weighted by atomic mass is 32.1. The molecule has 0 saturated carbocycles. The van der Waals surface area contributed by atoms with E-state index in [9.17, 15) is 9.59 Å². The Bertz CT molecular complexity index is 2190. The molecule has 4 aromatic carbocycles. The van der Waals surface area contributed by atoms with E-state index in [1.165, 1.54) is 16.9 Å². The van der Waals surface area contributed by atoms with Crippen LogP contribution in [0.3, 0.4) is 0 Å². The molecule has 0 N–H and O–H groups in total. The molecule has 0 radical (unpaired) electrons. The fourth-order valence-electron chi connectivity index (χ4n) is 5.83. The summed E-state index contributed by atoms with van der Waals surface area (Å²) in [7, 11) is 0. The largest absolute Gasteiger partial charge is 0.463 e. The number of hydrogen-bond acceptors (Lipinski definition) is 5. The molecule has 6 nitrogen and oxygen atoms in total.